The molecule has 2 N–H and O–H groups in total. The Morgan fingerprint density at radius 2 is 2.00 bits per heavy atom. The molecule has 2 aromatic carbocycles. The Bertz CT molecular complexity index is 648. The van der Waals surface area contributed by atoms with Crippen LogP contribution in [0.3, 0.4) is 0 Å². The van der Waals surface area contributed by atoms with Gasteiger partial charge in [0.05, 0.1) is 0 Å². The van der Waals surface area contributed by atoms with Gasteiger partial charge in [0, 0.05) is 24.2 Å². The van der Waals surface area contributed by atoms with Crippen LogP contribution >= 0.6 is 0 Å². The van der Waals surface area contributed by atoms with E-state index in [1.807, 2.05) is 0 Å². The molecule has 20 heavy (non-hydrogen) atoms. The highest BCUT2D eigenvalue weighted by molar-refractivity contribution is 5.73. The average Bonchev–Trinajstić information content (AvgIpc) is 2.85. The third kappa shape index (κ3) is 1.83. The van der Waals surface area contributed by atoms with Crippen molar-refractivity contribution in [3.63, 3.8) is 0 Å². The second kappa shape index (κ2) is 4.64. The van der Waals surface area contributed by atoms with Gasteiger partial charge in [-0.3, -0.25) is 0 Å². The molecule has 4 rings (SSSR count). The molecule has 2 aliphatic heterocycles. The van der Waals surface area contributed by atoms with Crippen LogP contribution in [0.25, 0.3) is 11.1 Å². The molecule has 2 heterocycles. The highest BCUT2D eigenvalue weighted by Crippen LogP contribution is 2.40. The lowest BCUT2D eigenvalue weighted by molar-refractivity contribution is 0.440. The summed E-state index contributed by atoms with van der Waals surface area (Å²) < 4.78 is 0. The van der Waals surface area contributed by atoms with E-state index in [4.69, 9.17) is 0 Å². The van der Waals surface area contributed by atoms with Gasteiger partial charge in [0.15, 0.2) is 0 Å². The van der Waals surface area contributed by atoms with E-state index in [1.165, 1.54) is 34.4 Å². The van der Waals surface area contributed by atoms with Crippen molar-refractivity contribution in [1.82, 2.24) is 5.32 Å². The predicted molar refractivity (Wildman–Crippen MR) is 84.3 cm³/mol. The van der Waals surface area contributed by atoms with Crippen molar-refractivity contribution in [3.8, 4) is 11.1 Å². The van der Waals surface area contributed by atoms with Gasteiger partial charge in [0.1, 0.15) is 0 Å². The maximum absolute atomic E-state index is 3.69. The topological polar surface area (TPSA) is 24.1 Å². The van der Waals surface area contributed by atoms with Crippen molar-refractivity contribution in [3.05, 3.63) is 53.6 Å². The zero-order valence-electron chi connectivity index (χ0n) is 11.8. The summed E-state index contributed by atoms with van der Waals surface area (Å²) in [5.74, 6) is 0.628. The van der Waals surface area contributed by atoms with Gasteiger partial charge in [0.2, 0.25) is 0 Å². The quantitative estimate of drug-likeness (QED) is 0.823. The lowest BCUT2D eigenvalue weighted by Gasteiger charge is -2.26. The molecule has 2 nitrogen and oxygen atoms in total. The zero-order valence-corrected chi connectivity index (χ0v) is 11.8. The predicted octanol–water partition coefficient (Wildman–Crippen LogP) is 3.53. The van der Waals surface area contributed by atoms with Crippen molar-refractivity contribution >= 4 is 5.69 Å². The lowest BCUT2D eigenvalue weighted by atomic mass is 9.88. The van der Waals surface area contributed by atoms with Gasteiger partial charge in [-0.25, -0.2) is 0 Å². The lowest BCUT2D eigenvalue weighted by Crippen LogP contribution is -2.38. The number of hydrogen-bond donors (Lipinski definition) is 2. The monoisotopic (exact) mass is 264 g/mol. The standard InChI is InChI=1S/C18H20N2/c1-12-4-2-3-5-14(12)13-6-7-17-15(10-13)16-11-19-9-8-18(16)20-17/h2-7,10,16,18-20H,8-9,11H2,1H3. The molecular weight excluding hydrogens is 244 g/mol. The molecule has 2 unspecified atom stereocenters. The molecule has 0 saturated carbocycles. The van der Waals surface area contributed by atoms with E-state index in [2.05, 4.69) is 60.0 Å². The Kier molecular flexibility index (Phi) is 2.78. The Hall–Kier alpha value is -1.80. The second-order valence-electron chi connectivity index (χ2n) is 5.97. The highest BCUT2D eigenvalue weighted by Gasteiger charge is 2.33. The van der Waals surface area contributed by atoms with E-state index in [-0.39, 0.29) is 0 Å². The minimum Gasteiger partial charge on any atom is -0.381 e. The van der Waals surface area contributed by atoms with Crippen molar-refractivity contribution in [2.75, 3.05) is 18.4 Å². The molecule has 102 valence electrons. The molecule has 0 amide bonds. The summed E-state index contributed by atoms with van der Waals surface area (Å²) in [5.41, 5.74) is 6.86. The van der Waals surface area contributed by atoms with E-state index in [1.54, 1.807) is 0 Å². The fraction of sp³-hybridized carbons (Fsp3) is 0.333. The van der Waals surface area contributed by atoms with Gasteiger partial charge in [-0.1, -0.05) is 30.3 Å². The van der Waals surface area contributed by atoms with E-state index < -0.39 is 0 Å². The van der Waals surface area contributed by atoms with Crippen LogP contribution in [0.15, 0.2) is 42.5 Å². The highest BCUT2D eigenvalue weighted by atomic mass is 15.0. The number of hydrogen-bond acceptors (Lipinski definition) is 2. The summed E-state index contributed by atoms with van der Waals surface area (Å²) in [7, 11) is 0. The van der Waals surface area contributed by atoms with Crippen LogP contribution in [0, 0.1) is 6.92 Å². The van der Waals surface area contributed by atoms with Crippen LogP contribution in [0.4, 0.5) is 5.69 Å². The summed E-state index contributed by atoms with van der Waals surface area (Å²) in [5, 5.41) is 7.22. The summed E-state index contributed by atoms with van der Waals surface area (Å²) in [6.45, 7) is 4.42. The van der Waals surface area contributed by atoms with Gasteiger partial charge in [0.25, 0.3) is 0 Å². The smallest absolute Gasteiger partial charge is 0.0379 e. The molecule has 2 atom stereocenters. The van der Waals surface area contributed by atoms with Gasteiger partial charge in [-0.05, 0) is 54.3 Å². The number of anilines is 1. The summed E-state index contributed by atoms with van der Waals surface area (Å²) in [6, 6.07) is 16.2. The number of benzene rings is 2. The van der Waals surface area contributed by atoms with E-state index in [0.29, 0.717) is 12.0 Å². The number of piperidine rings is 1. The van der Waals surface area contributed by atoms with Crippen LogP contribution in [-0.2, 0) is 0 Å². The van der Waals surface area contributed by atoms with E-state index in [9.17, 15) is 0 Å². The number of nitrogens with one attached hydrogen (secondary N) is 2. The molecule has 0 bridgehead atoms. The number of aryl methyl sites for hydroxylation is 1. The first-order valence-electron chi connectivity index (χ1n) is 7.50. The molecule has 2 aromatic rings. The average molecular weight is 264 g/mol. The molecule has 0 aliphatic carbocycles. The third-order valence-electron chi connectivity index (χ3n) is 4.73. The minimum absolute atomic E-state index is 0.623. The first-order valence-corrected chi connectivity index (χ1v) is 7.50. The van der Waals surface area contributed by atoms with Gasteiger partial charge in [-0.2, -0.15) is 0 Å². The Morgan fingerprint density at radius 1 is 1.10 bits per heavy atom. The fourth-order valence-corrected chi connectivity index (χ4v) is 3.62. The number of rotatable bonds is 1. The molecule has 0 spiro atoms. The van der Waals surface area contributed by atoms with Crippen LogP contribution in [0.5, 0.6) is 0 Å². The van der Waals surface area contributed by atoms with E-state index in [0.717, 1.165) is 13.1 Å². The number of fused-ring (bicyclic) bond motifs is 3. The minimum atomic E-state index is 0.623. The van der Waals surface area contributed by atoms with Gasteiger partial charge in [-0.15, -0.1) is 0 Å². The van der Waals surface area contributed by atoms with Crippen LogP contribution in [0.2, 0.25) is 0 Å². The molecule has 0 aromatic heterocycles. The van der Waals surface area contributed by atoms with Crippen molar-refractivity contribution in [2.45, 2.75) is 25.3 Å². The second-order valence-corrected chi connectivity index (χ2v) is 5.97. The van der Waals surface area contributed by atoms with Crippen LogP contribution < -0.4 is 10.6 Å². The molecule has 1 fully saturated rings. The summed E-state index contributed by atoms with van der Waals surface area (Å²) >= 11 is 0. The molecular formula is C18H20N2. The van der Waals surface area contributed by atoms with Crippen LogP contribution in [-0.4, -0.2) is 19.1 Å². The zero-order chi connectivity index (χ0) is 13.5. The molecule has 2 heteroatoms. The normalized spacial score (nSPS) is 23.9. The SMILES string of the molecule is Cc1ccccc1-c1ccc2c(c1)C1CNCCC1N2. The van der Waals surface area contributed by atoms with Crippen molar-refractivity contribution in [2.24, 2.45) is 0 Å². The molecule has 1 saturated heterocycles. The van der Waals surface area contributed by atoms with Crippen molar-refractivity contribution in [1.29, 1.82) is 0 Å². The fourth-order valence-electron chi connectivity index (χ4n) is 3.62. The van der Waals surface area contributed by atoms with E-state index >= 15 is 0 Å². The maximum atomic E-state index is 3.69. The third-order valence-corrected chi connectivity index (χ3v) is 4.73. The summed E-state index contributed by atoms with van der Waals surface area (Å²) in [4.78, 5) is 0. The maximum Gasteiger partial charge on any atom is 0.0379 e. The van der Waals surface area contributed by atoms with Crippen LogP contribution in [0.1, 0.15) is 23.5 Å². The Labute approximate surface area is 120 Å². The van der Waals surface area contributed by atoms with Gasteiger partial charge < -0.3 is 10.6 Å². The Morgan fingerprint density at radius 3 is 2.90 bits per heavy atom. The summed E-state index contributed by atoms with van der Waals surface area (Å²) in [6.07, 6.45) is 1.22. The van der Waals surface area contributed by atoms with Gasteiger partial charge >= 0.3 is 0 Å². The Balaban J connectivity index is 1.77. The largest absolute Gasteiger partial charge is 0.381 e. The molecule has 2 aliphatic rings. The molecule has 0 radical (unpaired) electrons. The van der Waals surface area contributed by atoms with Crippen molar-refractivity contribution < 1.29 is 0 Å². The first kappa shape index (κ1) is 12.0. The first-order chi connectivity index (χ1) is 9.83.